The Morgan fingerprint density at radius 2 is 1.91 bits per heavy atom. The van der Waals surface area contributed by atoms with Crippen molar-refractivity contribution in [3.63, 3.8) is 0 Å². The molecule has 0 bridgehead atoms. The van der Waals surface area contributed by atoms with Crippen molar-refractivity contribution in [2.24, 2.45) is 10.7 Å². The number of benzene rings is 1. The molecular weight excluding hydrogens is 387 g/mol. The molecule has 1 aliphatic carbocycles. The highest BCUT2D eigenvalue weighted by molar-refractivity contribution is 14.0. The van der Waals surface area contributed by atoms with E-state index in [2.05, 4.69) is 46.5 Å². The molecule has 0 heterocycles. The monoisotopic (exact) mass is 416 g/mol. The van der Waals surface area contributed by atoms with Gasteiger partial charge in [0.25, 0.3) is 0 Å². The SMILES string of the molecule is CN(CCCN=C(N)NC1CCCCC1)c1ccccc1.I. The lowest BCUT2D eigenvalue weighted by Gasteiger charge is -2.23. The second-order valence-corrected chi connectivity index (χ2v) is 5.86. The quantitative estimate of drug-likeness (QED) is 0.324. The molecule has 1 fully saturated rings. The van der Waals surface area contributed by atoms with Crippen LogP contribution < -0.4 is 16.0 Å². The number of anilines is 1. The number of rotatable bonds is 6. The van der Waals surface area contributed by atoms with Gasteiger partial charge in [-0.1, -0.05) is 37.5 Å². The van der Waals surface area contributed by atoms with E-state index in [4.69, 9.17) is 5.73 Å². The number of halogens is 1. The zero-order valence-electron chi connectivity index (χ0n) is 13.5. The van der Waals surface area contributed by atoms with E-state index in [1.807, 2.05) is 6.07 Å². The summed E-state index contributed by atoms with van der Waals surface area (Å²) >= 11 is 0. The van der Waals surface area contributed by atoms with Crippen molar-refractivity contribution >= 4 is 35.6 Å². The molecular formula is C17H29IN4. The average molecular weight is 416 g/mol. The smallest absolute Gasteiger partial charge is 0.188 e. The Labute approximate surface area is 151 Å². The highest BCUT2D eigenvalue weighted by atomic mass is 127. The fourth-order valence-corrected chi connectivity index (χ4v) is 2.82. The number of para-hydroxylation sites is 1. The second kappa shape index (κ2) is 10.7. The summed E-state index contributed by atoms with van der Waals surface area (Å²) in [6, 6.07) is 11.0. The lowest BCUT2D eigenvalue weighted by Crippen LogP contribution is -2.41. The highest BCUT2D eigenvalue weighted by Crippen LogP contribution is 2.17. The van der Waals surface area contributed by atoms with E-state index in [0.717, 1.165) is 19.5 Å². The van der Waals surface area contributed by atoms with Crippen LogP contribution in [0.15, 0.2) is 35.3 Å². The lowest BCUT2D eigenvalue weighted by atomic mass is 9.96. The van der Waals surface area contributed by atoms with Gasteiger partial charge in [-0.2, -0.15) is 0 Å². The van der Waals surface area contributed by atoms with Gasteiger partial charge in [-0.05, 0) is 31.4 Å². The van der Waals surface area contributed by atoms with Crippen molar-refractivity contribution in [3.05, 3.63) is 30.3 Å². The van der Waals surface area contributed by atoms with Crippen molar-refractivity contribution in [3.8, 4) is 0 Å². The Balaban J connectivity index is 0.00000242. The Hall–Kier alpha value is -0.980. The van der Waals surface area contributed by atoms with Crippen LogP contribution in [-0.4, -0.2) is 32.1 Å². The molecule has 0 aliphatic heterocycles. The molecule has 0 amide bonds. The summed E-state index contributed by atoms with van der Waals surface area (Å²) in [5, 5.41) is 3.35. The molecule has 1 aromatic carbocycles. The predicted octanol–water partition coefficient (Wildman–Crippen LogP) is 3.37. The largest absolute Gasteiger partial charge is 0.375 e. The fraction of sp³-hybridized carbons (Fsp3) is 0.588. The highest BCUT2D eigenvalue weighted by Gasteiger charge is 2.13. The minimum Gasteiger partial charge on any atom is -0.375 e. The van der Waals surface area contributed by atoms with Crippen molar-refractivity contribution in [1.82, 2.24) is 5.32 Å². The first-order valence-electron chi connectivity index (χ1n) is 8.08. The van der Waals surface area contributed by atoms with Gasteiger partial charge in [0.1, 0.15) is 0 Å². The normalized spacial score (nSPS) is 16.0. The molecule has 0 aromatic heterocycles. The van der Waals surface area contributed by atoms with E-state index in [1.165, 1.54) is 37.8 Å². The van der Waals surface area contributed by atoms with E-state index >= 15 is 0 Å². The van der Waals surface area contributed by atoms with Gasteiger partial charge < -0.3 is 16.0 Å². The van der Waals surface area contributed by atoms with Gasteiger partial charge in [-0.25, -0.2) is 0 Å². The van der Waals surface area contributed by atoms with Crippen LogP contribution in [-0.2, 0) is 0 Å². The Morgan fingerprint density at radius 1 is 1.23 bits per heavy atom. The van der Waals surface area contributed by atoms with Crippen molar-refractivity contribution in [2.45, 2.75) is 44.6 Å². The summed E-state index contributed by atoms with van der Waals surface area (Å²) in [6.45, 7) is 1.77. The third-order valence-corrected chi connectivity index (χ3v) is 4.09. The summed E-state index contributed by atoms with van der Waals surface area (Å²) in [5.74, 6) is 0.615. The molecule has 1 saturated carbocycles. The van der Waals surface area contributed by atoms with Crippen molar-refractivity contribution in [2.75, 3.05) is 25.0 Å². The zero-order valence-corrected chi connectivity index (χ0v) is 15.8. The lowest BCUT2D eigenvalue weighted by molar-refractivity contribution is 0.412. The first-order valence-corrected chi connectivity index (χ1v) is 8.08. The zero-order chi connectivity index (χ0) is 14.9. The third kappa shape index (κ3) is 6.85. The van der Waals surface area contributed by atoms with Crippen molar-refractivity contribution in [1.29, 1.82) is 0 Å². The predicted molar refractivity (Wildman–Crippen MR) is 106 cm³/mol. The maximum absolute atomic E-state index is 5.96. The minimum absolute atomic E-state index is 0. The van der Waals surface area contributed by atoms with Gasteiger partial charge in [-0.3, -0.25) is 4.99 Å². The van der Waals surface area contributed by atoms with Crippen LogP contribution in [0.4, 0.5) is 5.69 Å². The van der Waals surface area contributed by atoms with Crippen LogP contribution >= 0.6 is 24.0 Å². The Bertz CT molecular complexity index is 430. The summed E-state index contributed by atoms with van der Waals surface area (Å²) in [4.78, 5) is 6.69. The minimum atomic E-state index is 0. The van der Waals surface area contributed by atoms with Crippen LogP contribution in [0.25, 0.3) is 0 Å². The number of nitrogens with zero attached hydrogens (tertiary/aromatic N) is 2. The van der Waals surface area contributed by atoms with E-state index in [1.54, 1.807) is 0 Å². The molecule has 5 heteroatoms. The number of guanidine groups is 1. The van der Waals surface area contributed by atoms with E-state index in [0.29, 0.717) is 12.0 Å². The maximum atomic E-state index is 5.96. The molecule has 0 unspecified atom stereocenters. The van der Waals surface area contributed by atoms with Gasteiger partial charge in [-0.15, -0.1) is 24.0 Å². The van der Waals surface area contributed by atoms with E-state index in [9.17, 15) is 0 Å². The molecule has 0 saturated heterocycles. The third-order valence-electron chi connectivity index (χ3n) is 4.09. The van der Waals surface area contributed by atoms with E-state index in [-0.39, 0.29) is 24.0 Å². The standard InChI is InChI=1S/C17H28N4.HI/c1-21(16-11-6-3-7-12-16)14-8-13-19-17(18)20-15-9-4-2-5-10-15;/h3,6-7,11-12,15H,2,4-5,8-10,13-14H2,1H3,(H3,18,19,20);1H. The van der Waals surface area contributed by atoms with Gasteiger partial charge in [0.15, 0.2) is 5.96 Å². The number of nitrogens with two attached hydrogens (primary N) is 1. The molecule has 1 aromatic rings. The number of nitrogens with one attached hydrogen (secondary N) is 1. The molecule has 124 valence electrons. The number of hydrogen-bond acceptors (Lipinski definition) is 2. The van der Waals surface area contributed by atoms with Crippen LogP contribution in [0.2, 0.25) is 0 Å². The van der Waals surface area contributed by atoms with E-state index < -0.39 is 0 Å². The van der Waals surface area contributed by atoms with Crippen molar-refractivity contribution < 1.29 is 0 Å². The molecule has 0 radical (unpaired) electrons. The number of hydrogen-bond donors (Lipinski definition) is 2. The summed E-state index contributed by atoms with van der Waals surface area (Å²) < 4.78 is 0. The fourth-order valence-electron chi connectivity index (χ4n) is 2.82. The molecule has 1 aliphatic rings. The maximum Gasteiger partial charge on any atom is 0.188 e. The topological polar surface area (TPSA) is 53.6 Å². The van der Waals surface area contributed by atoms with Gasteiger partial charge in [0.2, 0.25) is 0 Å². The van der Waals surface area contributed by atoms with Gasteiger partial charge in [0, 0.05) is 31.9 Å². The Morgan fingerprint density at radius 3 is 2.59 bits per heavy atom. The first-order chi connectivity index (χ1) is 10.3. The summed E-state index contributed by atoms with van der Waals surface area (Å²) in [5.41, 5.74) is 7.20. The average Bonchev–Trinajstić information content (AvgIpc) is 2.53. The first kappa shape index (κ1) is 19.1. The molecule has 0 spiro atoms. The van der Waals surface area contributed by atoms with Gasteiger partial charge >= 0.3 is 0 Å². The summed E-state index contributed by atoms with van der Waals surface area (Å²) in [6.07, 6.45) is 7.46. The van der Waals surface area contributed by atoms with Crippen LogP contribution in [0, 0.1) is 0 Å². The van der Waals surface area contributed by atoms with Crippen LogP contribution in [0.5, 0.6) is 0 Å². The Kier molecular flexibility index (Phi) is 9.27. The molecule has 3 N–H and O–H groups in total. The number of aliphatic imine (C=N–C) groups is 1. The molecule has 2 rings (SSSR count). The second-order valence-electron chi connectivity index (χ2n) is 5.86. The van der Waals surface area contributed by atoms with Gasteiger partial charge in [0.05, 0.1) is 0 Å². The van der Waals surface area contributed by atoms with Crippen LogP contribution in [0.1, 0.15) is 38.5 Å². The summed E-state index contributed by atoms with van der Waals surface area (Å²) in [7, 11) is 2.11. The molecule has 22 heavy (non-hydrogen) atoms. The molecule has 4 nitrogen and oxygen atoms in total. The molecule has 0 atom stereocenters. The van der Waals surface area contributed by atoms with Crippen LogP contribution in [0.3, 0.4) is 0 Å².